The van der Waals surface area contributed by atoms with Gasteiger partial charge >= 0.3 is 0 Å². The quantitative estimate of drug-likeness (QED) is 0.916. The van der Waals surface area contributed by atoms with Crippen molar-refractivity contribution in [2.75, 3.05) is 0 Å². The molecule has 0 aliphatic heterocycles. The van der Waals surface area contributed by atoms with Crippen molar-refractivity contribution in [3.8, 4) is 0 Å². The summed E-state index contributed by atoms with van der Waals surface area (Å²) in [7, 11) is 0. The van der Waals surface area contributed by atoms with E-state index in [0.717, 1.165) is 10.7 Å². The van der Waals surface area contributed by atoms with Gasteiger partial charge in [0.2, 0.25) is 0 Å². The van der Waals surface area contributed by atoms with Crippen LogP contribution in [0.15, 0.2) is 33.9 Å². The molecule has 0 radical (unpaired) electrons. The molecule has 0 aromatic carbocycles. The first-order chi connectivity index (χ1) is 10.7. The third-order valence-electron chi connectivity index (χ3n) is 3.70. The molecule has 1 aliphatic carbocycles. The number of hydrogen-bond donors (Lipinski definition) is 1. The Hall–Kier alpha value is -1.82. The lowest BCUT2D eigenvalue weighted by Gasteiger charge is -2.11. The molecule has 0 unspecified atom stereocenters. The van der Waals surface area contributed by atoms with Gasteiger partial charge in [-0.2, -0.15) is 0 Å². The number of rotatable bonds is 5. The van der Waals surface area contributed by atoms with Crippen molar-refractivity contribution in [3.63, 3.8) is 0 Å². The summed E-state index contributed by atoms with van der Waals surface area (Å²) in [5, 5.41) is 8.08. The van der Waals surface area contributed by atoms with Gasteiger partial charge in [0.25, 0.3) is 5.91 Å². The van der Waals surface area contributed by atoms with Crippen molar-refractivity contribution in [1.82, 2.24) is 15.5 Å². The van der Waals surface area contributed by atoms with E-state index in [1.165, 1.54) is 25.7 Å². The van der Waals surface area contributed by atoms with E-state index in [9.17, 15) is 4.79 Å². The van der Waals surface area contributed by atoms with Crippen LogP contribution in [0.5, 0.6) is 0 Å². The Morgan fingerprint density at radius 3 is 3.00 bits per heavy atom. The highest BCUT2D eigenvalue weighted by atomic mass is 32.2. The van der Waals surface area contributed by atoms with Crippen LogP contribution in [0.2, 0.25) is 0 Å². The highest BCUT2D eigenvalue weighted by Gasteiger charge is 2.20. The third-order valence-corrected chi connectivity index (χ3v) is 5.05. The Balaban J connectivity index is 1.66. The Labute approximate surface area is 133 Å². The lowest BCUT2D eigenvalue weighted by atomic mass is 10.2. The van der Waals surface area contributed by atoms with Crippen molar-refractivity contribution in [2.45, 2.75) is 49.4 Å². The summed E-state index contributed by atoms with van der Waals surface area (Å²) in [5.41, 5.74) is 1.44. The summed E-state index contributed by atoms with van der Waals surface area (Å²) in [6.45, 7) is 2.19. The molecule has 0 spiro atoms. The highest BCUT2D eigenvalue weighted by Crippen LogP contribution is 2.35. The summed E-state index contributed by atoms with van der Waals surface area (Å²) < 4.78 is 5.10. The van der Waals surface area contributed by atoms with Gasteiger partial charge in [-0.15, -0.1) is 11.8 Å². The van der Waals surface area contributed by atoms with Gasteiger partial charge in [-0.1, -0.05) is 18.0 Å². The van der Waals surface area contributed by atoms with Crippen molar-refractivity contribution >= 4 is 17.7 Å². The number of pyridine rings is 1. The van der Waals surface area contributed by atoms with E-state index in [2.05, 4.69) is 15.5 Å². The van der Waals surface area contributed by atoms with E-state index in [-0.39, 0.29) is 5.91 Å². The topological polar surface area (TPSA) is 68.0 Å². The minimum atomic E-state index is -0.123. The van der Waals surface area contributed by atoms with Crippen LogP contribution < -0.4 is 5.32 Å². The number of nitrogens with zero attached hydrogens (tertiary/aromatic N) is 2. The molecule has 0 saturated heterocycles. The molecule has 2 heterocycles. The van der Waals surface area contributed by atoms with E-state index in [1.54, 1.807) is 24.0 Å². The molecule has 0 bridgehead atoms. The zero-order valence-electron chi connectivity index (χ0n) is 12.5. The number of aryl methyl sites for hydroxylation is 1. The Kier molecular flexibility index (Phi) is 4.77. The van der Waals surface area contributed by atoms with Crippen molar-refractivity contribution < 1.29 is 9.32 Å². The second-order valence-corrected chi connectivity index (χ2v) is 6.79. The van der Waals surface area contributed by atoms with Crippen molar-refractivity contribution in [3.05, 3.63) is 41.4 Å². The Morgan fingerprint density at radius 2 is 2.27 bits per heavy atom. The Morgan fingerprint density at radius 1 is 1.45 bits per heavy atom. The molecule has 3 rings (SSSR count). The SMILES string of the molecule is Cc1cc(CNC(=O)c2cccnc2SC2CCCC2)on1. The van der Waals surface area contributed by atoms with Gasteiger partial charge < -0.3 is 9.84 Å². The number of nitrogens with one attached hydrogen (secondary N) is 1. The van der Waals surface area contributed by atoms with Gasteiger partial charge in [-0.25, -0.2) is 4.98 Å². The maximum Gasteiger partial charge on any atom is 0.254 e. The van der Waals surface area contributed by atoms with Gasteiger partial charge in [0.1, 0.15) is 5.03 Å². The van der Waals surface area contributed by atoms with Crippen LogP contribution in [0.25, 0.3) is 0 Å². The van der Waals surface area contributed by atoms with Crippen LogP contribution in [-0.2, 0) is 6.54 Å². The maximum absolute atomic E-state index is 12.4. The standard InChI is InChI=1S/C16H19N3O2S/c1-11-9-12(21-19-11)10-18-15(20)14-7-4-8-17-16(14)22-13-5-2-3-6-13/h4,7-9,13H,2-3,5-6,10H2,1H3,(H,18,20). The molecule has 1 aliphatic rings. The average molecular weight is 317 g/mol. The van der Waals surface area contributed by atoms with Crippen molar-refractivity contribution in [2.24, 2.45) is 0 Å². The molecule has 2 aromatic heterocycles. The molecule has 1 N–H and O–H groups in total. The van der Waals surface area contributed by atoms with Crippen LogP contribution in [0, 0.1) is 6.92 Å². The first kappa shape index (κ1) is 15.1. The summed E-state index contributed by atoms with van der Waals surface area (Å²) in [4.78, 5) is 16.8. The fourth-order valence-corrected chi connectivity index (χ4v) is 3.88. The molecule has 0 atom stereocenters. The predicted octanol–water partition coefficient (Wildman–Crippen LogP) is 3.34. The van der Waals surface area contributed by atoms with Crippen LogP contribution >= 0.6 is 11.8 Å². The normalized spacial score (nSPS) is 15.1. The minimum Gasteiger partial charge on any atom is -0.359 e. The van der Waals surface area contributed by atoms with Crippen LogP contribution in [0.3, 0.4) is 0 Å². The molecular weight excluding hydrogens is 298 g/mol. The molecule has 1 saturated carbocycles. The van der Waals surface area contributed by atoms with Gasteiger partial charge in [0, 0.05) is 17.5 Å². The van der Waals surface area contributed by atoms with Crippen molar-refractivity contribution in [1.29, 1.82) is 0 Å². The third kappa shape index (κ3) is 3.68. The van der Waals surface area contributed by atoms with Crippen LogP contribution in [-0.4, -0.2) is 21.3 Å². The van der Waals surface area contributed by atoms with Gasteiger partial charge in [0.05, 0.1) is 17.8 Å². The van der Waals surface area contributed by atoms with E-state index < -0.39 is 0 Å². The second kappa shape index (κ2) is 6.96. The zero-order chi connectivity index (χ0) is 15.4. The van der Waals surface area contributed by atoms with Gasteiger partial charge in [-0.3, -0.25) is 4.79 Å². The van der Waals surface area contributed by atoms with E-state index in [4.69, 9.17) is 4.52 Å². The minimum absolute atomic E-state index is 0.123. The smallest absolute Gasteiger partial charge is 0.254 e. The Bertz CT molecular complexity index is 650. The number of carbonyl (C=O) groups excluding carboxylic acids is 1. The first-order valence-corrected chi connectivity index (χ1v) is 8.42. The highest BCUT2D eigenvalue weighted by molar-refractivity contribution is 7.99. The molecule has 22 heavy (non-hydrogen) atoms. The van der Waals surface area contributed by atoms with E-state index in [0.29, 0.717) is 23.1 Å². The van der Waals surface area contributed by atoms with Gasteiger partial charge in [0.15, 0.2) is 5.76 Å². The largest absolute Gasteiger partial charge is 0.359 e. The maximum atomic E-state index is 12.4. The monoisotopic (exact) mass is 317 g/mol. The second-order valence-electron chi connectivity index (χ2n) is 5.50. The average Bonchev–Trinajstić information content (AvgIpc) is 3.17. The molecule has 1 fully saturated rings. The molecule has 5 nitrogen and oxygen atoms in total. The molecule has 116 valence electrons. The number of aromatic nitrogens is 2. The molecule has 2 aromatic rings. The van der Waals surface area contributed by atoms with Crippen LogP contribution in [0.1, 0.15) is 47.5 Å². The lowest BCUT2D eigenvalue weighted by molar-refractivity contribution is 0.0943. The number of thioether (sulfide) groups is 1. The summed E-state index contributed by atoms with van der Waals surface area (Å²) in [6.07, 6.45) is 6.71. The summed E-state index contributed by atoms with van der Waals surface area (Å²) in [6, 6.07) is 5.44. The fourth-order valence-electron chi connectivity index (χ4n) is 2.58. The summed E-state index contributed by atoms with van der Waals surface area (Å²) >= 11 is 1.72. The zero-order valence-corrected chi connectivity index (χ0v) is 13.4. The van der Waals surface area contributed by atoms with E-state index in [1.807, 2.05) is 19.1 Å². The molecule has 1 amide bonds. The lowest BCUT2D eigenvalue weighted by Crippen LogP contribution is -2.23. The molecule has 6 heteroatoms. The first-order valence-electron chi connectivity index (χ1n) is 7.54. The number of carbonyl (C=O) groups is 1. The van der Waals surface area contributed by atoms with E-state index >= 15 is 0 Å². The predicted molar refractivity (Wildman–Crippen MR) is 84.8 cm³/mol. The van der Waals surface area contributed by atoms with Crippen LogP contribution in [0.4, 0.5) is 0 Å². The number of amides is 1. The van der Waals surface area contributed by atoms with Gasteiger partial charge in [-0.05, 0) is 31.9 Å². The summed E-state index contributed by atoms with van der Waals surface area (Å²) in [5.74, 6) is 0.530. The fraction of sp³-hybridized carbons (Fsp3) is 0.438. The molecular formula is C16H19N3O2S. The number of hydrogen-bond acceptors (Lipinski definition) is 5.